The van der Waals surface area contributed by atoms with Crippen LogP contribution in [0.5, 0.6) is 0 Å². The zero-order valence-electron chi connectivity index (χ0n) is 16.6. The lowest BCUT2D eigenvalue weighted by molar-refractivity contribution is -0.143. The van der Waals surface area contributed by atoms with Gasteiger partial charge in [-0.3, -0.25) is 9.59 Å². The minimum Gasteiger partial charge on any atom is -0.361 e. The van der Waals surface area contributed by atoms with E-state index in [9.17, 15) is 9.59 Å². The molecule has 2 fully saturated rings. The second-order valence-electron chi connectivity index (χ2n) is 9.28. The Bertz CT molecular complexity index is 808. The molecular formula is C20H27N3O4. The van der Waals surface area contributed by atoms with Crippen molar-refractivity contribution in [3.8, 4) is 0 Å². The molecule has 27 heavy (non-hydrogen) atoms. The molecule has 0 radical (unpaired) electrons. The fraction of sp³-hybridized carbons (Fsp3) is 0.650. The second-order valence-corrected chi connectivity index (χ2v) is 9.28. The van der Waals surface area contributed by atoms with Gasteiger partial charge in [-0.2, -0.15) is 0 Å². The summed E-state index contributed by atoms with van der Waals surface area (Å²) in [5, 5.41) is 3.96. The van der Waals surface area contributed by atoms with E-state index in [0.717, 1.165) is 0 Å². The van der Waals surface area contributed by atoms with E-state index in [1.165, 1.54) is 0 Å². The largest absolute Gasteiger partial charge is 0.361 e. The monoisotopic (exact) mass is 373 g/mol. The first-order valence-electron chi connectivity index (χ1n) is 9.43. The topological polar surface area (TPSA) is 75.9 Å². The highest BCUT2D eigenvalue weighted by Gasteiger charge is 2.67. The molecule has 4 heterocycles. The number of aromatic nitrogens is 1. The van der Waals surface area contributed by atoms with Crippen molar-refractivity contribution in [1.29, 1.82) is 0 Å². The lowest BCUT2D eigenvalue weighted by Gasteiger charge is -2.29. The third-order valence-corrected chi connectivity index (χ3v) is 5.58. The van der Waals surface area contributed by atoms with Crippen LogP contribution in [0.25, 0.3) is 0 Å². The maximum atomic E-state index is 13.2. The molecule has 4 rings (SSSR count). The van der Waals surface area contributed by atoms with Gasteiger partial charge in [0.05, 0.1) is 31.0 Å². The fourth-order valence-corrected chi connectivity index (χ4v) is 4.63. The summed E-state index contributed by atoms with van der Waals surface area (Å²) in [6.45, 7) is 9.67. The van der Waals surface area contributed by atoms with Gasteiger partial charge < -0.3 is 19.1 Å². The number of nitrogens with zero attached hydrogens (tertiary/aromatic N) is 3. The zero-order chi connectivity index (χ0) is 19.6. The molecule has 146 valence electrons. The van der Waals surface area contributed by atoms with Gasteiger partial charge in [0.25, 0.3) is 0 Å². The molecule has 4 atom stereocenters. The van der Waals surface area contributed by atoms with Gasteiger partial charge >= 0.3 is 0 Å². The number of likely N-dealkylation sites (tertiary alicyclic amines) is 1. The highest BCUT2D eigenvalue weighted by Crippen LogP contribution is 2.52. The first-order chi connectivity index (χ1) is 12.6. The van der Waals surface area contributed by atoms with E-state index < -0.39 is 17.4 Å². The van der Waals surface area contributed by atoms with Gasteiger partial charge in [0.2, 0.25) is 11.8 Å². The first-order valence-corrected chi connectivity index (χ1v) is 9.43. The van der Waals surface area contributed by atoms with Crippen LogP contribution in [0.15, 0.2) is 22.7 Å². The van der Waals surface area contributed by atoms with Crippen LogP contribution >= 0.6 is 0 Å². The number of hydrogen-bond donors (Lipinski definition) is 0. The van der Waals surface area contributed by atoms with Crippen molar-refractivity contribution in [2.45, 2.75) is 45.9 Å². The van der Waals surface area contributed by atoms with E-state index in [1.807, 2.05) is 30.0 Å². The van der Waals surface area contributed by atoms with Crippen LogP contribution in [0.2, 0.25) is 0 Å². The number of carbonyl (C=O) groups is 2. The predicted molar refractivity (Wildman–Crippen MR) is 97.5 cm³/mol. The molecule has 7 heteroatoms. The zero-order valence-corrected chi connectivity index (χ0v) is 16.6. The molecule has 0 aliphatic carbocycles. The summed E-state index contributed by atoms with van der Waals surface area (Å²) in [5.41, 5.74) is 0.0386. The average molecular weight is 373 g/mol. The van der Waals surface area contributed by atoms with Gasteiger partial charge in [0, 0.05) is 19.7 Å². The Balaban J connectivity index is 1.54. The summed E-state index contributed by atoms with van der Waals surface area (Å²) in [6, 6.07) is 1.81. The molecule has 1 aromatic rings. The third kappa shape index (κ3) is 2.98. The number of aryl methyl sites for hydroxylation is 1. The number of rotatable bonds is 4. The molecule has 0 unspecified atom stereocenters. The Morgan fingerprint density at radius 1 is 1.44 bits per heavy atom. The molecule has 2 bridgehead atoms. The lowest BCUT2D eigenvalue weighted by atomic mass is 9.76. The van der Waals surface area contributed by atoms with E-state index in [-0.39, 0.29) is 23.3 Å². The number of carbonyl (C=O) groups excluding carboxylic acids is 2. The number of fused-ring (bicyclic) bond motifs is 1. The van der Waals surface area contributed by atoms with Crippen LogP contribution in [-0.2, 0) is 20.9 Å². The first kappa shape index (κ1) is 18.2. The average Bonchev–Trinajstić information content (AvgIpc) is 3.28. The Labute approximate surface area is 159 Å². The standard InChI is InChI=1S/C20H27N3O4/c1-12-8-13(21-27-12)9-22(5)17(24)15-14-6-7-20(26-14)11-23(10-19(2,3)4)18(25)16(15)20/h6-8,14-16H,9-11H2,1-5H3/t14-,15-,16+,20-/m0/s1. The number of amides is 2. The summed E-state index contributed by atoms with van der Waals surface area (Å²) in [6.07, 6.45) is 3.61. The molecule has 0 aromatic carbocycles. The van der Waals surface area contributed by atoms with Gasteiger partial charge in [-0.1, -0.05) is 38.1 Å². The fourth-order valence-electron chi connectivity index (χ4n) is 4.63. The SMILES string of the molecule is Cc1cc(CN(C)C(=O)[C@H]2[C@@H]3C=C[C@@]4(CN(CC(C)(C)C)C(=O)[C@@H]24)O3)no1. The summed E-state index contributed by atoms with van der Waals surface area (Å²) in [4.78, 5) is 29.8. The summed E-state index contributed by atoms with van der Waals surface area (Å²) in [5.74, 6) is -0.266. The van der Waals surface area contributed by atoms with E-state index >= 15 is 0 Å². The third-order valence-electron chi connectivity index (χ3n) is 5.58. The molecule has 1 aromatic heterocycles. The molecule has 0 N–H and O–H groups in total. The van der Waals surface area contributed by atoms with Crippen molar-refractivity contribution in [1.82, 2.24) is 15.0 Å². The van der Waals surface area contributed by atoms with Crippen LogP contribution in [0, 0.1) is 24.2 Å². The van der Waals surface area contributed by atoms with E-state index in [4.69, 9.17) is 9.26 Å². The molecule has 2 amide bonds. The van der Waals surface area contributed by atoms with Crippen LogP contribution in [0.1, 0.15) is 32.2 Å². The normalized spacial score (nSPS) is 31.7. The van der Waals surface area contributed by atoms with Crippen molar-refractivity contribution in [3.63, 3.8) is 0 Å². The van der Waals surface area contributed by atoms with Gasteiger partial charge in [0.1, 0.15) is 17.1 Å². The highest BCUT2D eigenvalue weighted by molar-refractivity contribution is 5.93. The van der Waals surface area contributed by atoms with Crippen molar-refractivity contribution >= 4 is 11.8 Å². The van der Waals surface area contributed by atoms with Gasteiger partial charge in [-0.15, -0.1) is 0 Å². The summed E-state index contributed by atoms with van der Waals surface area (Å²) >= 11 is 0. The van der Waals surface area contributed by atoms with Crippen LogP contribution in [0.3, 0.4) is 0 Å². The minimum absolute atomic E-state index is 0.00618. The maximum absolute atomic E-state index is 13.2. The molecule has 3 aliphatic heterocycles. The van der Waals surface area contributed by atoms with Gasteiger partial charge in [-0.25, -0.2) is 0 Å². The Hall–Kier alpha value is -2.15. The Kier molecular flexibility index (Phi) is 4.00. The quantitative estimate of drug-likeness (QED) is 0.752. The van der Waals surface area contributed by atoms with E-state index in [0.29, 0.717) is 31.1 Å². The predicted octanol–water partition coefficient (Wildman–Crippen LogP) is 1.77. The van der Waals surface area contributed by atoms with Gasteiger partial charge in [0.15, 0.2) is 0 Å². The van der Waals surface area contributed by atoms with Crippen LogP contribution in [0.4, 0.5) is 0 Å². The Morgan fingerprint density at radius 3 is 2.81 bits per heavy atom. The van der Waals surface area contributed by atoms with Crippen LogP contribution in [-0.4, -0.2) is 58.6 Å². The number of hydrogen-bond acceptors (Lipinski definition) is 5. The van der Waals surface area contributed by atoms with Crippen LogP contribution < -0.4 is 0 Å². The molecule has 7 nitrogen and oxygen atoms in total. The highest BCUT2D eigenvalue weighted by atomic mass is 16.5. The maximum Gasteiger partial charge on any atom is 0.230 e. The molecule has 3 aliphatic rings. The van der Waals surface area contributed by atoms with Crippen molar-refractivity contribution in [2.75, 3.05) is 20.1 Å². The summed E-state index contributed by atoms with van der Waals surface area (Å²) in [7, 11) is 1.74. The van der Waals surface area contributed by atoms with Crippen molar-refractivity contribution in [2.24, 2.45) is 17.3 Å². The van der Waals surface area contributed by atoms with Crippen molar-refractivity contribution in [3.05, 3.63) is 29.7 Å². The number of ether oxygens (including phenoxy) is 1. The van der Waals surface area contributed by atoms with E-state index in [1.54, 1.807) is 11.9 Å². The second kappa shape index (κ2) is 5.92. The summed E-state index contributed by atoms with van der Waals surface area (Å²) < 4.78 is 11.3. The van der Waals surface area contributed by atoms with Crippen molar-refractivity contribution < 1.29 is 18.8 Å². The minimum atomic E-state index is -0.654. The van der Waals surface area contributed by atoms with Gasteiger partial charge in [-0.05, 0) is 12.3 Å². The molecule has 0 saturated carbocycles. The smallest absolute Gasteiger partial charge is 0.230 e. The molecule has 1 spiro atoms. The molecular weight excluding hydrogens is 346 g/mol. The lowest BCUT2D eigenvalue weighted by Crippen LogP contribution is -2.45. The van der Waals surface area contributed by atoms with E-state index in [2.05, 4.69) is 25.9 Å². The Morgan fingerprint density at radius 2 is 2.19 bits per heavy atom. The molecule has 2 saturated heterocycles.